The predicted octanol–water partition coefficient (Wildman–Crippen LogP) is 2.74. The average Bonchev–Trinajstić information content (AvgIpc) is 3.23. The summed E-state index contributed by atoms with van der Waals surface area (Å²) in [4.78, 5) is 7.29. The molecule has 0 radical (unpaired) electrons. The SMILES string of the molecule is CCNC(=NCC(c1ccccc1Cl)N1CCOCC1)NCCn1cnnc1CC.I. The number of halogens is 2. The lowest BCUT2D eigenvalue weighted by Crippen LogP contribution is -2.42. The Morgan fingerprint density at radius 2 is 2.00 bits per heavy atom. The standard InChI is InChI=1S/C21H32ClN7O.HI/c1-3-20-27-26-16-29(20)10-9-24-21(23-4-2)25-15-19(28-11-13-30-14-12-28)17-7-5-6-8-18(17)22;/h5-8,16,19H,3-4,9-15H2,1-2H3,(H2,23,24,25);1H. The van der Waals surface area contributed by atoms with Crippen molar-refractivity contribution in [3.8, 4) is 0 Å². The van der Waals surface area contributed by atoms with Crippen molar-refractivity contribution in [1.29, 1.82) is 0 Å². The van der Waals surface area contributed by atoms with E-state index in [0.717, 1.165) is 74.7 Å². The maximum absolute atomic E-state index is 6.53. The molecule has 1 aliphatic heterocycles. The summed E-state index contributed by atoms with van der Waals surface area (Å²) < 4.78 is 7.61. The van der Waals surface area contributed by atoms with Crippen molar-refractivity contribution >= 4 is 41.5 Å². The van der Waals surface area contributed by atoms with Crippen LogP contribution < -0.4 is 10.6 Å². The predicted molar refractivity (Wildman–Crippen MR) is 135 cm³/mol. The fraction of sp³-hybridized carbons (Fsp3) is 0.571. The molecule has 2 N–H and O–H groups in total. The molecule has 0 aliphatic carbocycles. The van der Waals surface area contributed by atoms with Gasteiger partial charge >= 0.3 is 0 Å². The Labute approximate surface area is 206 Å². The van der Waals surface area contributed by atoms with Crippen LogP contribution in [0, 0.1) is 0 Å². The second-order valence-electron chi connectivity index (χ2n) is 7.13. The van der Waals surface area contributed by atoms with E-state index in [1.807, 2.05) is 18.2 Å². The Morgan fingerprint density at radius 1 is 1.23 bits per heavy atom. The topological polar surface area (TPSA) is 79.6 Å². The molecule has 1 aromatic carbocycles. The Bertz CT molecular complexity index is 811. The molecule has 10 heteroatoms. The van der Waals surface area contributed by atoms with Crippen LogP contribution in [0.2, 0.25) is 5.02 Å². The van der Waals surface area contributed by atoms with E-state index in [4.69, 9.17) is 21.3 Å². The van der Waals surface area contributed by atoms with Crippen LogP contribution in [-0.2, 0) is 17.7 Å². The van der Waals surface area contributed by atoms with E-state index in [9.17, 15) is 0 Å². The smallest absolute Gasteiger partial charge is 0.191 e. The molecule has 0 saturated carbocycles. The van der Waals surface area contributed by atoms with E-state index in [0.29, 0.717) is 6.54 Å². The molecule has 31 heavy (non-hydrogen) atoms. The van der Waals surface area contributed by atoms with Crippen molar-refractivity contribution in [2.24, 2.45) is 4.99 Å². The number of nitrogens with zero attached hydrogens (tertiary/aromatic N) is 5. The van der Waals surface area contributed by atoms with E-state index < -0.39 is 0 Å². The minimum absolute atomic E-state index is 0. The highest BCUT2D eigenvalue weighted by atomic mass is 127. The maximum atomic E-state index is 6.53. The van der Waals surface area contributed by atoms with Crippen LogP contribution in [0.15, 0.2) is 35.6 Å². The molecule has 1 unspecified atom stereocenters. The van der Waals surface area contributed by atoms with Gasteiger partial charge in [-0.1, -0.05) is 36.7 Å². The number of aryl methyl sites for hydroxylation is 1. The number of aromatic nitrogens is 3. The van der Waals surface area contributed by atoms with Gasteiger partial charge in [-0.2, -0.15) is 0 Å². The summed E-state index contributed by atoms with van der Waals surface area (Å²) in [5, 5.41) is 15.7. The van der Waals surface area contributed by atoms with Crippen molar-refractivity contribution in [3.05, 3.63) is 47.0 Å². The van der Waals surface area contributed by atoms with Crippen LogP contribution in [0.25, 0.3) is 0 Å². The van der Waals surface area contributed by atoms with Crippen LogP contribution in [0.1, 0.15) is 31.3 Å². The summed E-state index contributed by atoms with van der Waals surface area (Å²) in [7, 11) is 0. The summed E-state index contributed by atoms with van der Waals surface area (Å²) in [5.41, 5.74) is 1.11. The van der Waals surface area contributed by atoms with Gasteiger partial charge in [-0.3, -0.25) is 9.89 Å². The monoisotopic (exact) mass is 561 g/mol. The number of hydrogen-bond acceptors (Lipinski definition) is 5. The highest BCUT2D eigenvalue weighted by Crippen LogP contribution is 2.28. The summed E-state index contributed by atoms with van der Waals surface area (Å²) in [5.74, 6) is 1.79. The first-order valence-corrected chi connectivity index (χ1v) is 11.1. The normalized spacial score (nSPS) is 15.9. The highest BCUT2D eigenvalue weighted by Gasteiger charge is 2.24. The van der Waals surface area contributed by atoms with Crippen LogP contribution in [-0.4, -0.2) is 71.6 Å². The quantitative estimate of drug-likeness (QED) is 0.279. The average molecular weight is 562 g/mol. The van der Waals surface area contributed by atoms with Gasteiger partial charge < -0.3 is 19.9 Å². The van der Waals surface area contributed by atoms with Crippen molar-refractivity contribution in [2.45, 2.75) is 32.9 Å². The van der Waals surface area contributed by atoms with Crippen molar-refractivity contribution in [1.82, 2.24) is 30.3 Å². The Hall–Kier alpha value is -1.43. The summed E-state index contributed by atoms with van der Waals surface area (Å²) in [6.45, 7) is 10.3. The van der Waals surface area contributed by atoms with Crippen LogP contribution >= 0.6 is 35.6 Å². The maximum Gasteiger partial charge on any atom is 0.191 e. The summed E-state index contributed by atoms with van der Waals surface area (Å²) in [6.07, 6.45) is 2.64. The third-order valence-electron chi connectivity index (χ3n) is 5.17. The molecule has 0 spiro atoms. The van der Waals surface area contributed by atoms with Crippen molar-refractivity contribution in [3.63, 3.8) is 0 Å². The molecule has 1 atom stereocenters. The van der Waals surface area contributed by atoms with Gasteiger partial charge in [-0.05, 0) is 18.6 Å². The fourth-order valence-electron chi connectivity index (χ4n) is 3.60. The minimum atomic E-state index is 0. The minimum Gasteiger partial charge on any atom is -0.379 e. The number of nitrogens with one attached hydrogen (secondary N) is 2. The number of benzene rings is 1. The second-order valence-corrected chi connectivity index (χ2v) is 7.53. The zero-order chi connectivity index (χ0) is 21.2. The van der Waals surface area contributed by atoms with Crippen LogP contribution in [0.3, 0.4) is 0 Å². The zero-order valence-corrected chi connectivity index (χ0v) is 21.3. The van der Waals surface area contributed by atoms with Crippen LogP contribution in [0.5, 0.6) is 0 Å². The Balaban J connectivity index is 0.00000341. The Morgan fingerprint density at radius 3 is 2.71 bits per heavy atom. The number of rotatable bonds is 9. The number of morpholine rings is 1. The second kappa shape index (κ2) is 13.9. The first kappa shape index (κ1) is 25.8. The number of hydrogen-bond donors (Lipinski definition) is 2. The molecular weight excluding hydrogens is 529 g/mol. The van der Waals surface area contributed by atoms with Crippen LogP contribution in [0.4, 0.5) is 0 Å². The van der Waals surface area contributed by atoms with Gasteiger partial charge in [0.2, 0.25) is 0 Å². The van der Waals surface area contributed by atoms with E-state index >= 15 is 0 Å². The number of ether oxygens (including phenoxy) is 1. The molecular formula is C21H33ClIN7O. The molecule has 0 bridgehead atoms. The molecule has 8 nitrogen and oxygen atoms in total. The first-order chi connectivity index (χ1) is 14.7. The molecule has 1 aliphatic rings. The lowest BCUT2D eigenvalue weighted by atomic mass is 10.0. The third kappa shape index (κ3) is 7.58. The van der Waals surface area contributed by atoms with Gasteiger partial charge in [-0.25, -0.2) is 0 Å². The van der Waals surface area contributed by atoms with E-state index in [1.54, 1.807) is 6.33 Å². The largest absolute Gasteiger partial charge is 0.379 e. The van der Waals surface area contributed by atoms with E-state index in [1.165, 1.54) is 0 Å². The molecule has 1 fully saturated rings. The van der Waals surface area contributed by atoms with Gasteiger partial charge in [0.15, 0.2) is 5.96 Å². The first-order valence-electron chi connectivity index (χ1n) is 10.7. The lowest BCUT2D eigenvalue weighted by Gasteiger charge is -2.34. The fourth-order valence-corrected chi connectivity index (χ4v) is 3.86. The van der Waals surface area contributed by atoms with Gasteiger partial charge in [0, 0.05) is 44.2 Å². The Kier molecular flexibility index (Phi) is 11.6. The van der Waals surface area contributed by atoms with E-state index in [2.05, 4.69) is 50.2 Å². The summed E-state index contributed by atoms with van der Waals surface area (Å²) in [6, 6.07) is 8.15. The molecule has 0 amide bonds. The van der Waals surface area contributed by atoms with Gasteiger partial charge in [0.05, 0.1) is 25.8 Å². The molecule has 2 heterocycles. The zero-order valence-electron chi connectivity index (χ0n) is 18.3. The van der Waals surface area contributed by atoms with Gasteiger partial charge in [-0.15, -0.1) is 34.2 Å². The van der Waals surface area contributed by atoms with Crippen molar-refractivity contribution < 1.29 is 4.74 Å². The van der Waals surface area contributed by atoms with Gasteiger partial charge in [0.25, 0.3) is 0 Å². The van der Waals surface area contributed by atoms with Crippen molar-refractivity contribution in [2.75, 3.05) is 45.9 Å². The van der Waals surface area contributed by atoms with Gasteiger partial charge in [0.1, 0.15) is 12.2 Å². The molecule has 1 aromatic heterocycles. The number of aliphatic imine (C=N–C) groups is 1. The molecule has 172 valence electrons. The molecule has 2 aromatic rings. The summed E-state index contributed by atoms with van der Waals surface area (Å²) >= 11 is 6.53. The molecule has 1 saturated heterocycles. The third-order valence-corrected chi connectivity index (χ3v) is 5.52. The number of guanidine groups is 1. The molecule has 3 rings (SSSR count). The highest BCUT2D eigenvalue weighted by molar-refractivity contribution is 14.0. The lowest BCUT2D eigenvalue weighted by molar-refractivity contribution is 0.0180. The van der Waals surface area contributed by atoms with E-state index in [-0.39, 0.29) is 30.0 Å².